The normalized spacial score (nSPS) is 22.0. The van der Waals surface area contributed by atoms with Crippen LogP contribution in [0, 0.1) is 11.6 Å². The topological polar surface area (TPSA) is 230 Å². The molecule has 0 bridgehead atoms. The summed E-state index contributed by atoms with van der Waals surface area (Å²) < 4.78 is 38.3. The third-order valence-electron chi connectivity index (χ3n) is 32.3. The third kappa shape index (κ3) is 30.9. The quantitative estimate of drug-likeness (QED) is 0.0271. The van der Waals surface area contributed by atoms with E-state index in [1.807, 2.05) is 60.7 Å². The highest BCUT2D eigenvalue weighted by Crippen LogP contribution is 2.41. The van der Waals surface area contributed by atoms with Crippen LogP contribution >= 0.6 is 0 Å². The Morgan fingerprint density at radius 2 is 0.451 bits per heavy atom. The van der Waals surface area contributed by atoms with Gasteiger partial charge < -0.3 is 80.6 Å². The maximum atomic E-state index is 13.8. The van der Waals surface area contributed by atoms with Gasteiger partial charge >= 0.3 is 0 Å². The minimum Gasteiger partial charge on any atom is -0.508 e. The minimum atomic E-state index is -0.163. The average Bonchev–Trinajstić information content (AvgIpc) is 0.797. The van der Waals surface area contributed by atoms with Crippen molar-refractivity contribution in [3.05, 3.63) is 234 Å². The first-order chi connectivity index (χ1) is 69.2. The number of phenolic OH excluding ortho intramolecular Hbond substituents is 8. The van der Waals surface area contributed by atoms with Crippen LogP contribution in [-0.2, 0) is 112 Å². The van der Waals surface area contributed by atoms with Gasteiger partial charge in [-0.15, -0.1) is 0 Å². The van der Waals surface area contributed by atoms with Gasteiger partial charge in [0.1, 0.15) is 57.6 Å². The van der Waals surface area contributed by atoms with Crippen molar-refractivity contribution in [1.29, 1.82) is 0 Å². The molecule has 4 heterocycles. The number of halogens is 2. The fourth-order valence-electron chi connectivity index (χ4n) is 24.8. The Morgan fingerprint density at radius 1 is 0.246 bits per heavy atom. The predicted molar refractivity (Wildman–Crippen MR) is 574 cm³/mol. The average molecular weight is 1960 g/mol. The zero-order valence-electron chi connectivity index (χ0n) is 87.6. The molecule has 142 heavy (non-hydrogen) atoms. The maximum absolute atomic E-state index is 13.8. The van der Waals surface area contributed by atoms with E-state index in [4.69, 9.17) is 9.47 Å². The summed E-state index contributed by atoms with van der Waals surface area (Å²) >= 11 is 0. The summed E-state index contributed by atoms with van der Waals surface area (Å²) in [6.45, 7) is 43.4. The molecule has 8 aliphatic carbocycles. The van der Waals surface area contributed by atoms with Crippen LogP contribution in [0.15, 0.2) is 133 Å². The number of benzene rings is 8. The first-order valence-electron chi connectivity index (χ1n) is 55.5. The molecule has 4 aliphatic heterocycles. The highest BCUT2D eigenvalue weighted by atomic mass is 19.1. The molecular formula is C120H176F2N10O10. The Hall–Kier alpha value is -8.46. The van der Waals surface area contributed by atoms with Crippen LogP contribution in [0.2, 0.25) is 0 Å². The number of aromatic hydroxyl groups is 8. The van der Waals surface area contributed by atoms with E-state index in [1.54, 1.807) is 12.1 Å². The van der Waals surface area contributed by atoms with Crippen molar-refractivity contribution in [2.24, 2.45) is 0 Å². The number of nitrogens with zero attached hydrogens (tertiary/aromatic N) is 8. The van der Waals surface area contributed by atoms with Crippen LogP contribution < -0.4 is 10.6 Å². The number of aryl methyl sites for hydroxylation is 6. The molecule has 0 aromatic heterocycles. The van der Waals surface area contributed by atoms with Crippen LogP contribution in [0.25, 0.3) is 0 Å². The zero-order valence-corrected chi connectivity index (χ0v) is 87.6. The van der Waals surface area contributed by atoms with E-state index in [0.29, 0.717) is 82.8 Å². The Kier molecular flexibility index (Phi) is 44.9. The van der Waals surface area contributed by atoms with Crippen molar-refractivity contribution < 1.29 is 59.1 Å². The molecule has 20 nitrogen and oxygen atoms in total. The first-order valence-corrected chi connectivity index (χ1v) is 55.5. The summed E-state index contributed by atoms with van der Waals surface area (Å²) in [5.41, 5.74) is 18.2. The van der Waals surface area contributed by atoms with Crippen LogP contribution in [0.5, 0.6) is 46.0 Å². The summed E-state index contributed by atoms with van der Waals surface area (Å²) in [5, 5.41) is 86.4. The molecular weight excluding hydrogens is 1780 g/mol. The van der Waals surface area contributed by atoms with E-state index in [2.05, 4.69) is 142 Å². The summed E-state index contributed by atoms with van der Waals surface area (Å²) in [6.07, 6.45) is 34.4. The van der Waals surface area contributed by atoms with Gasteiger partial charge in [-0.25, -0.2) is 8.78 Å². The van der Waals surface area contributed by atoms with Gasteiger partial charge in [-0.3, -0.25) is 19.6 Å². The lowest BCUT2D eigenvalue weighted by Gasteiger charge is -2.37. The molecule has 4 fully saturated rings. The largest absolute Gasteiger partial charge is 0.508 e. The number of hydrogen-bond acceptors (Lipinski definition) is 20. The summed E-state index contributed by atoms with van der Waals surface area (Å²) in [5.74, 6) is 3.09. The molecule has 8 aromatic rings. The van der Waals surface area contributed by atoms with Gasteiger partial charge in [0.15, 0.2) is 0 Å². The number of phenols is 8. The number of ether oxygens (including phenoxy) is 2. The molecule has 22 heteroatoms. The Bertz CT molecular complexity index is 4630. The molecule has 8 atom stereocenters. The molecule has 10 N–H and O–H groups in total. The Labute approximate surface area is 850 Å². The van der Waals surface area contributed by atoms with E-state index in [9.17, 15) is 49.6 Å². The number of nitrogens with one attached hydrogen (secondary N) is 2. The van der Waals surface area contributed by atoms with Crippen molar-refractivity contribution in [1.82, 2.24) is 49.8 Å². The maximum Gasteiger partial charge on any atom is 0.126 e. The second-order valence-electron chi connectivity index (χ2n) is 41.7. The fourth-order valence-corrected chi connectivity index (χ4v) is 24.8. The molecule has 8 aromatic carbocycles. The molecule has 4 saturated heterocycles. The second-order valence-corrected chi connectivity index (χ2v) is 41.7. The van der Waals surface area contributed by atoms with Gasteiger partial charge in [0.25, 0.3) is 0 Å². The Balaban J connectivity index is 0.000000136. The zero-order chi connectivity index (χ0) is 100. The summed E-state index contributed by atoms with van der Waals surface area (Å²) in [7, 11) is 0. The van der Waals surface area contributed by atoms with Crippen molar-refractivity contribution in [3.8, 4) is 46.0 Å². The molecule has 12 aliphatic rings. The summed E-state index contributed by atoms with van der Waals surface area (Å²) in [4.78, 5) is 20.4. The van der Waals surface area contributed by atoms with E-state index in [-0.39, 0.29) is 23.1 Å². The second kappa shape index (κ2) is 57.6. The molecule has 0 amide bonds. The van der Waals surface area contributed by atoms with Crippen molar-refractivity contribution in [2.45, 2.75) is 309 Å². The molecule has 20 rings (SSSR count). The minimum absolute atomic E-state index is 0.163. The molecule has 0 spiro atoms. The van der Waals surface area contributed by atoms with Crippen LogP contribution in [-0.4, -0.2) is 286 Å². The molecule has 780 valence electrons. The van der Waals surface area contributed by atoms with Crippen molar-refractivity contribution >= 4 is 0 Å². The van der Waals surface area contributed by atoms with Crippen molar-refractivity contribution in [3.63, 3.8) is 0 Å². The highest BCUT2D eigenvalue weighted by molar-refractivity contribution is 5.49. The predicted octanol–water partition coefficient (Wildman–Crippen LogP) is 19.2. The highest BCUT2D eigenvalue weighted by Gasteiger charge is 2.36. The SMILES string of the molecule is CCCN(CCC)C1CCc2c(F)ccc(O)c2C1.CCCN(CCC)C1CCc2cccc(O)c2C1.CCCN(CCC)[C@@H]1CCc2c(F)ccc(O)c2C1.CCCN(CCC)[C@@H]1CCc2cccc(O)c2C1.Oc1cccc2c1CC(N1CCNCC1)CC2.Oc1cccc2c1CC(N1CCOCC1)CC2.Oc1cccc2c1C[C@H](N1CCNCC1)CC2.Oc1cccc2c1C[C@H](N1CCOCC1)CC2. The number of fused-ring (bicyclic) bond motifs is 8. The monoisotopic (exact) mass is 1960 g/mol. The molecule has 4 unspecified atom stereocenters. The lowest BCUT2D eigenvalue weighted by molar-refractivity contribution is 0.0136. The first kappa shape index (κ1) is 111. The lowest BCUT2D eigenvalue weighted by atomic mass is 9.86. The van der Waals surface area contributed by atoms with Gasteiger partial charge in [0.05, 0.1) is 26.4 Å². The molecule has 0 radical (unpaired) electrons. The van der Waals surface area contributed by atoms with Gasteiger partial charge in [-0.05, 0) is 396 Å². The van der Waals surface area contributed by atoms with E-state index in [1.165, 1.54) is 170 Å². The Morgan fingerprint density at radius 3 is 0.690 bits per heavy atom. The molecule has 0 saturated carbocycles. The van der Waals surface area contributed by atoms with E-state index >= 15 is 0 Å². The van der Waals surface area contributed by atoms with Gasteiger partial charge in [0.2, 0.25) is 0 Å². The number of rotatable bonds is 24. The summed E-state index contributed by atoms with van der Waals surface area (Å²) in [6, 6.07) is 45.8. The van der Waals surface area contributed by atoms with Gasteiger partial charge in [-0.1, -0.05) is 128 Å². The lowest BCUT2D eigenvalue weighted by Crippen LogP contribution is -2.50. The van der Waals surface area contributed by atoms with E-state index < -0.39 is 0 Å². The smallest absolute Gasteiger partial charge is 0.126 e. The van der Waals surface area contributed by atoms with Crippen molar-refractivity contribution in [2.75, 3.05) is 157 Å². The third-order valence-corrected chi connectivity index (χ3v) is 32.3. The fraction of sp³-hybridized carbons (Fsp3) is 0.600. The van der Waals surface area contributed by atoms with Crippen LogP contribution in [0.4, 0.5) is 8.78 Å². The number of hydrogen-bond donors (Lipinski definition) is 10. The standard InChI is InChI=1S/2C16H24FNO.2C16H25NO.2C14H20N2O.2C14H19NO2/c2*1-3-9-18(10-4-2)12-5-6-13-14(11-12)16(19)8-7-15(13)17;2*1-3-10-17(11-4-2)14-9-8-13-6-5-7-16(18)15(13)12-14;2*17-14-3-1-2-11-4-5-12(10-13(11)14)16-8-6-15-7-9-16;2*16-14-3-1-2-11-4-5-12(10-13(11)14)15-6-8-17-9-7-15/h2*7-8,12,19H,3-6,9-11H2,1-2H3;2*5-7,14,18H,3-4,8-12H2,1-2H3;2*1-3,12,15,17H,4-10H2;2*1-3,12,16H,4-10H2/t12-;;14-;;12-;;12-;/m1.1.1.1./s1. The number of morpholine rings is 2. The van der Waals surface area contributed by atoms with E-state index in [0.717, 1.165) is 306 Å². The van der Waals surface area contributed by atoms with Crippen LogP contribution in [0.1, 0.15) is 247 Å². The van der Waals surface area contributed by atoms with Gasteiger partial charge in [0, 0.05) is 138 Å². The van der Waals surface area contributed by atoms with Gasteiger partial charge in [-0.2, -0.15) is 0 Å². The van der Waals surface area contributed by atoms with Crippen LogP contribution in [0.3, 0.4) is 0 Å². The number of piperazine rings is 2.